The Bertz CT molecular complexity index is 647. The van der Waals surface area contributed by atoms with Crippen LogP contribution in [0.3, 0.4) is 0 Å². The minimum atomic E-state index is -0.0786. The predicted molar refractivity (Wildman–Crippen MR) is 97.1 cm³/mol. The second-order valence-corrected chi connectivity index (χ2v) is 5.32. The molecule has 24 heavy (non-hydrogen) atoms. The third kappa shape index (κ3) is 5.46. The quantitative estimate of drug-likeness (QED) is 0.534. The van der Waals surface area contributed by atoms with Gasteiger partial charge in [-0.2, -0.15) is 0 Å². The number of aliphatic imine (C=N–C) groups is 1. The molecule has 6 heteroatoms. The Balaban J connectivity index is 1.88. The highest BCUT2D eigenvalue weighted by Gasteiger charge is 2.02. The van der Waals surface area contributed by atoms with E-state index in [0.29, 0.717) is 12.1 Å². The number of benzene rings is 1. The van der Waals surface area contributed by atoms with Crippen LogP contribution in [0.1, 0.15) is 22.8 Å². The van der Waals surface area contributed by atoms with Crippen molar-refractivity contribution in [2.24, 2.45) is 4.99 Å². The molecule has 2 aromatic rings. The molecule has 3 N–H and O–H groups in total. The van der Waals surface area contributed by atoms with Gasteiger partial charge in [-0.05, 0) is 36.8 Å². The van der Waals surface area contributed by atoms with Crippen LogP contribution in [0.15, 0.2) is 53.8 Å². The lowest BCUT2D eigenvalue weighted by Crippen LogP contribution is -2.38. The van der Waals surface area contributed by atoms with E-state index >= 15 is 0 Å². The summed E-state index contributed by atoms with van der Waals surface area (Å²) in [5.74, 6) is 0.713. The first-order valence-corrected chi connectivity index (χ1v) is 8.17. The van der Waals surface area contributed by atoms with E-state index in [1.54, 1.807) is 7.05 Å². The topological polar surface area (TPSA) is 70.4 Å². The van der Waals surface area contributed by atoms with Gasteiger partial charge >= 0.3 is 0 Å². The molecule has 0 atom stereocenters. The first kappa shape index (κ1) is 17.6. The smallest absolute Gasteiger partial charge is 0.251 e. The normalized spacial score (nSPS) is 11.2. The molecule has 0 saturated heterocycles. The molecule has 0 saturated carbocycles. The number of carbonyl (C=O) groups is 1. The van der Waals surface area contributed by atoms with Crippen molar-refractivity contribution in [3.8, 4) is 0 Å². The van der Waals surface area contributed by atoms with Crippen LogP contribution in [0.25, 0.3) is 0 Å². The average Bonchev–Trinajstić information content (AvgIpc) is 3.13. The molecule has 2 rings (SSSR count). The Morgan fingerprint density at radius 3 is 2.46 bits per heavy atom. The molecule has 0 aliphatic heterocycles. The summed E-state index contributed by atoms with van der Waals surface area (Å²) in [7, 11) is 1.63. The van der Waals surface area contributed by atoms with Gasteiger partial charge in [0.1, 0.15) is 0 Å². The van der Waals surface area contributed by atoms with Crippen molar-refractivity contribution >= 4 is 11.9 Å². The molecule has 0 aliphatic rings. The monoisotopic (exact) mass is 327 g/mol. The first-order valence-electron chi connectivity index (χ1n) is 8.17. The SMILES string of the molecule is CCNC(=NCc1ccc(C(=O)NC)cc1)NCCn1cccc1. The molecule has 1 aromatic heterocycles. The minimum absolute atomic E-state index is 0.0786. The van der Waals surface area contributed by atoms with Gasteiger partial charge < -0.3 is 20.5 Å². The van der Waals surface area contributed by atoms with E-state index in [9.17, 15) is 4.79 Å². The van der Waals surface area contributed by atoms with E-state index < -0.39 is 0 Å². The van der Waals surface area contributed by atoms with Crippen molar-refractivity contribution in [2.75, 3.05) is 20.1 Å². The number of hydrogen-bond donors (Lipinski definition) is 3. The van der Waals surface area contributed by atoms with Gasteiger partial charge in [0.05, 0.1) is 6.54 Å². The van der Waals surface area contributed by atoms with Gasteiger partial charge in [0.15, 0.2) is 5.96 Å². The van der Waals surface area contributed by atoms with Crippen molar-refractivity contribution in [3.63, 3.8) is 0 Å². The second kappa shape index (κ2) is 9.39. The zero-order chi connectivity index (χ0) is 17.2. The van der Waals surface area contributed by atoms with E-state index in [1.807, 2.05) is 55.7 Å². The fourth-order valence-corrected chi connectivity index (χ4v) is 2.24. The van der Waals surface area contributed by atoms with Crippen LogP contribution in [0.5, 0.6) is 0 Å². The number of hydrogen-bond acceptors (Lipinski definition) is 2. The van der Waals surface area contributed by atoms with Crippen LogP contribution < -0.4 is 16.0 Å². The summed E-state index contributed by atoms with van der Waals surface area (Å²) >= 11 is 0. The van der Waals surface area contributed by atoms with Crippen molar-refractivity contribution in [2.45, 2.75) is 20.0 Å². The van der Waals surface area contributed by atoms with Crippen molar-refractivity contribution < 1.29 is 4.79 Å². The van der Waals surface area contributed by atoms with Crippen LogP contribution in [0, 0.1) is 0 Å². The van der Waals surface area contributed by atoms with Crippen LogP contribution in [-0.2, 0) is 13.1 Å². The molecule has 0 bridgehead atoms. The summed E-state index contributed by atoms with van der Waals surface area (Å²) in [5, 5.41) is 9.17. The van der Waals surface area contributed by atoms with Gasteiger partial charge in [0.2, 0.25) is 0 Å². The highest BCUT2D eigenvalue weighted by Crippen LogP contribution is 2.05. The fraction of sp³-hybridized carbons (Fsp3) is 0.333. The van der Waals surface area contributed by atoms with E-state index in [1.165, 1.54) is 0 Å². The van der Waals surface area contributed by atoms with Crippen LogP contribution >= 0.6 is 0 Å². The maximum Gasteiger partial charge on any atom is 0.251 e. The number of aromatic nitrogens is 1. The van der Waals surface area contributed by atoms with Crippen LogP contribution in [0.2, 0.25) is 0 Å². The second-order valence-electron chi connectivity index (χ2n) is 5.32. The van der Waals surface area contributed by atoms with Crippen molar-refractivity contribution in [1.82, 2.24) is 20.5 Å². The number of carbonyl (C=O) groups excluding carboxylic acids is 1. The third-order valence-corrected chi connectivity index (χ3v) is 3.54. The summed E-state index contributed by atoms with van der Waals surface area (Å²) in [4.78, 5) is 16.1. The summed E-state index contributed by atoms with van der Waals surface area (Å²) < 4.78 is 2.12. The maximum atomic E-state index is 11.5. The average molecular weight is 327 g/mol. The van der Waals surface area contributed by atoms with Gasteiger partial charge in [-0.1, -0.05) is 12.1 Å². The lowest BCUT2D eigenvalue weighted by molar-refractivity contribution is 0.0963. The van der Waals surface area contributed by atoms with Gasteiger partial charge in [-0.25, -0.2) is 4.99 Å². The first-order chi connectivity index (χ1) is 11.7. The van der Waals surface area contributed by atoms with Crippen molar-refractivity contribution in [1.29, 1.82) is 0 Å². The molecule has 0 fully saturated rings. The molecular weight excluding hydrogens is 302 g/mol. The Labute approximate surface area is 143 Å². The summed E-state index contributed by atoms with van der Waals surface area (Å²) in [5.41, 5.74) is 1.72. The van der Waals surface area contributed by atoms with E-state index in [2.05, 4.69) is 25.5 Å². The van der Waals surface area contributed by atoms with Crippen molar-refractivity contribution in [3.05, 3.63) is 59.9 Å². The number of rotatable bonds is 7. The molecule has 0 aliphatic carbocycles. The fourth-order valence-electron chi connectivity index (χ4n) is 2.24. The number of amides is 1. The maximum absolute atomic E-state index is 11.5. The van der Waals surface area contributed by atoms with E-state index in [0.717, 1.165) is 31.2 Å². The lowest BCUT2D eigenvalue weighted by Gasteiger charge is -2.12. The molecule has 0 spiro atoms. The highest BCUT2D eigenvalue weighted by molar-refractivity contribution is 5.93. The van der Waals surface area contributed by atoms with Gasteiger partial charge in [-0.15, -0.1) is 0 Å². The summed E-state index contributed by atoms with van der Waals surface area (Å²) in [6.07, 6.45) is 4.08. The molecule has 0 unspecified atom stereocenters. The van der Waals surface area contributed by atoms with Crippen LogP contribution in [0.4, 0.5) is 0 Å². The Morgan fingerprint density at radius 1 is 1.12 bits per heavy atom. The number of nitrogens with zero attached hydrogens (tertiary/aromatic N) is 2. The third-order valence-electron chi connectivity index (χ3n) is 3.54. The largest absolute Gasteiger partial charge is 0.357 e. The van der Waals surface area contributed by atoms with Gasteiger partial charge in [0, 0.05) is 44.6 Å². The number of nitrogens with one attached hydrogen (secondary N) is 3. The molecule has 1 aromatic carbocycles. The lowest BCUT2D eigenvalue weighted by atomic mass is 10.1. The molecule has 0 radical (unpaired) electrons. The Hall–Kier alpha value is -2.76. The highest BCUT2D eigenvalue weighted by atomic mass is 16.1. The van der Waals surface area contributed by atoms with Gasteiger partial charge in [0.25, 0.3) is 5.91 Å². The Morgan fingerprint density at radius 2 is 1.83 bits per heavy atom. The number of guanidine groups is 1. The minimum Gasteiger partial charge on any atom is -0.357 e. The summed E-state index contributed by atoms with van der Waals surface area (Å²) in [6, 6.07) is 11.5. The molecule has 6 nitrogen and oxygen atoms in total. The summed E-state index contributed by atoms with van der Waals surface area (Å²) in [6.45, 7) is 5.10. The standard InChI is InChI=1S/C18H25N5O/c1-3-20-18(21-10-13-23-11-4-5-12-23)22-14-15-6-8-16(9-7-15)17(24)19-2/h4-9,11-12H,3,10,13-14H2,1-2H3,(H,19,24)(H2,20,21,22). The molecular formula is C18H25N5O. The van der Waals surface area contributed by atoms with Gasteiger partial charge in [-0.3, -0.25) is 4.79 Å². The molecule has 1 heterocycles. The Kier molecular flexibility index (Phi) is 6.89. The zero-order valence-corrected chi connectivity index (χ0v) is 14.2. The molecule has 1 amide bonds. The predicted octanol–water partition coefficient (Wildman–Crippen LogP) is 1.60. The van der Waals surface area contributed by atoms with E-state index in [4.69, 9.17) is 0 Å². The van der Waals surface area contributed by atoms with Crippen LogP contribution in [-0.4, -0.2) is 36.6 Å². The zero-order valence-electron chi connectivity index (χ0n) is 14.2. The molecule has 128 valence electrons. The van der Waals surface area contributed by atoms with E-state index in [-0.39, 0.29) is 5.91 Å².